The molecule has 0 aromatic heterocycles. The lowest BCUT2D eigenvalue weighted by molar-refractivity contribution is 0.0687. The van der Waals surface area contributed by atoms with Gasteiger partial charge >= 0.3 is 0 Å². The van der Waals surface area contributed by atoms with Crippen LogP contribution >= 0.6 is 0 Å². The molecule has 6 heteroatoms. The van der Waals surface area contributed by atoms with Gasteiger partial charge in [0.15, 0.2) is 0 Å². The summed E-state index contributed by atoms with van der Waals surface area (Å²) in [4.78, 5) is 14.8. The molecule has 0 unspecified atom stereocenters. The smallest absolute Gasteiger partial charge is 0.253 e. The van der Waals surface area contributed by atoms with Gasteiger partial charge in [-0.15, -0.1) is 0 Å². The second-order valence-electron chi connectivity index (χ2n) is 8.03. The molecule has 1 amide bonds. The molecule has 2 aromatic carbocycles. The first-order valence-corrected chi connectivity index (χ1v) is 11.7. The number of piperidine rings is 1. The van der Waals surface area contributed by atoms with Crippen molar-refractivity contribution in [1.29, 1.82) is 0 Å². The Morgan fingerprint density at radius 2 is 1.66 bits per heavy atom. The van der Waals surface area contributed by atoms with Gasteiger partial charge in [0.2, 0.25) is 10.0 Å². The predicted molar refractivity (Wildman–Crippen MR) is 116 cm³/mol. The van der Waals surface area contributed by atoms with Crippen molar-refractivity contribution < 1.29 is 13.2 Å². The third kappa shape index (κ3) is 5.46. The first-order chi connectivity index (χ1) is 13.8. The fraction of sp³-hybridized carbons (Fsp3) is 0.435. The molecule has 3 rings (SSSR count). The van der Waals surface area contributed by atoms with E-state index < -0.39 is 10.0 Å². The van der Waals surface area contributed by atoms with Crippen molar-refractivity contribution in [3.8, 4) is 0 Å². The Hall–Kier alpha value is -2.18. The highest BCUT2D eigenvalue weighted by molar-refractivity contribution is 7.89. The van der Waals surface area contributed by atoms with Gasteiger partial charge in [-0.05, 0) is 81.3 Å². The molecular formula is C23H30N2O3S. The Morgan fingerprint density at radius 1 is 1.00 bits per heavy atom. The second-order valence-corrected chi connectivity index (χ2v) is 9.80. The summed E-state index contributed by atoms with van der Waals surface area (Å²) in [5.41, 5.74) is 3.92. The Bertz CT molecular complexity index is 960. The number of aryl methyl sites for hydroxylation is 3. The number of nitrogens with one attached hydrogen (secondary N) is 1. The molecule has 0 spiro atoms. The number of carbonyl (C=O) groups excluding carboxylic acids is 1. The van der Waals surface area contributed by atoms with Gasteiger partial charge in [0.05, 0.1) is 4.90 Å². The highest BCUT2D eigenvalue weighted by Gasteiger charge is 2.24. The lowest BCUT2D eigenvalue weighted by Crippen LogP contribution is -2.39. The molecule has 1 aliphatic rings. The molecule has 1 aliphatic heterocycles. The van der Waals surface area contributed by atoms with Crippen molar-refractivity contribution in [3.05, 3.63) is 64.7 Å². The van der Waals surface area contributed by atoms with Crippen LogP contribution in [0.25, 0.3) is 0 Å². The van der Waals surface area contributed by atoms with Crippen LogP contribution in [0.5, 0.6) is 0 Å². The average molecular weight is 415 g/mol. The van der Waals surface area contributed by atoms with Gasteiger partial charge in [0.1, 0.15) is 0 Å². The first kappa shape index (κ1) is 21.5. The highest BCUT2D eigenvalue weighted by atomic mass is 32.2. The summed E-state index contributed by atoms with van der Waals surface area (Å²) in [5, 5.41) is 0. The number of hydrogen-bond acceptors (Lipinski definition) is 3. The number of likely N-dealkylation sites (tertiary alicyclic amines) is 1. The standard InChI is InChI=1S/C23H30N2O3S/c1-17-4-7-21(8-5-17)23(26)25-14-11-20(12-15-25)10-13-24-29(27,28)22-9-6-18(2)19(3)16-22/h4-9,16,20,24H,10-15H2,1-3H3. The van der Waals surface area contributed by atoms with Crippen LogP contribution in [0.4, 0.5) is 0 Å². The summed E-state index contributed by atoms with van der Waals surface area (Å²) in [7, 11) is -3.48. The molecule has 5 nitrogen and oxygen atoms in total. The Kier molecular flexibility index (Phi) is 6.75. The molecule has 156 valence electrons. The molecule has 1 N–H and O–H groups in total. The number of hydrogen-bond donors (Lipinski definition) is 1. The first-order valence-electron chi connectivity index (χ1n) is 10.2. The topological polar surface area (TPSA) is 66.5 Å². The maximum absolute atomic E-state index is 12.6. The Labute approximate surface area is 174 Å². The molecule has 0 aliphatic carbocycles. The van der Waals surface area contributed by atoms with Crippen LogP contribution < -0.4 is 4.72 Å². The lowest BCUT2D eigenvalue weighted by atomic mass is 9.93. The van der Waals surface area contributed by atoms with Gasteiger partial charge in [0, 0.05) is 25.2 Å². The summed E-state index contributed by atoms with van der Waals surface area (Å²) in [6, 6.07) is 12.9. The Morgan fingerprint density at radius 3 is 2.28 bits per heavy atom. The normalized spacial score (nSPS) is 15.5. The number of benzene rings is 2. The predicted octanol–water partition coefficient (Wildman–Crippen LogP) is 3.83. The van der Waals surface area contributed by atoms with E-state index in [2.05, 4.69) is 4.72 Å². The molecule has 1 heterocycles. The molecule has 0 atom stereocenters. The van der Waals surface area contributed by atoms with Crippen LogP contribution in [0.3, 0.4) is 0 Å². The number of amides is 1. The van der Waals surface area contributed by atoms with Crippen LogP contribution in [-0.4, -0.2) is 38.9 Å². The molecule has 0 bridgehead atoms. The largest absolute Gasteiger partial charge is 0.339 e. The van der Waals surface area contributed by atoms with Gasteiger partial charge in [-0.2, -0.15) is 0 Å². The lowest BCUT2D eigenvalue weighted by Gasteiger charge is -2.32. The minimum absolute atomic E-state index is 0.0823. The number of nitrogens with zero attached hydrogens (tertiary/aromatic N) is 1. The fourth-order valence-electron chi connectivity index (χ4n) is 3.67. The van der Waals surface area contributed by atoms with Crippen molar-refractivity contribution in [2.24, 2.45) is 5.92 Å². The quantitative estimate of drug-likeness (QED) is 0.781. The molecule has 1 saturated heterocycles. The summed E-state index contributed by atoms with van der Waals surface area (Å²) < 4.78 is 27.7. The van der Waals surface area contributed by atoms with E-state index in [4.69, 9.17) is 0 Å². The van der Waals surface area contributed by atoms with Crippen LogP contribution in [0.2, 0.25) is 0 Å². The molecule has 29 heavy (non-hydrogen) atoms. The van der Waals surface area contributed by atoms with Crippen LogP contribution in [0.1, 0.15) is 46.3 Å². The third-order valence-electron chi connectivity index (χ3n) is 5.83. The van der Waals surface area contributed by atoms with Crippen molar-refractivity contribution in [3.63, 3.8) is 0 Å². The molecular weight excluding hydrogens is 384 g/mol. The number of carbonyl (C=O) groups is 1. The van der Waals surface area contributed by atoms with E-state index >= 15 is 0 Å². The Balaban J connectivity index is 1.46. The average Bonchev–Trinajstić information content (AvgIpc) is 2.70. The van der Waals surface area contributed by atoms with E-state index in [9.17, 15) is 13.2 Å². The third-order valence-corrected chi connectivity index (χ3v) is 7.29. The zero-order valence-corrected chi connectivity index (χ0v) is 18.3. The summed E-state index contributed by atoms with van der Waals surface area (Å²) in [6.07, 6.45) is 2.60. The van der Waals surface area contributed by atoms with Gasteiger partial charge < -0.3 is 4.90 Å². The van der Waals surface area contributed by atoms with Crippen LogP contribution in [0, 0.1) is 26.7 Å². The molecule has 0 saturated carbocycles. The molecule has 1 fully saturated rings. The van der Waals surface area contributed by atoms with E-state index in [1.165, 1.54) is 0 Å². The SMILES string of the molecule is Cc1ccc(C(=O)N2CCC(CCNS(=O)(=O)c3ccc(C)c(C)c3)CC2)cc1. The van der Waals surface area contributed by atoms with Crippen LogP contribution in [0.15, 0.2) is 47.4 Å². The summed E-state index contributed by atoms with van der Waals surface area (Å²) in [5.74, 6) is 0.512. The van der Waals surface area contributed by atoms with E-state index in [0.717, 1.165) is 54.6 Å². The number of rotatable bonds is 6. The highest BCUT2D eigenvalue weighted by Crippen LogP contribution is 2.22. The minimum atomic E-state index is -3.48. The zero-order chi connectivity index (χ0) is 21.0. The van der Waals surface area contributed by atoms with Gasteiger partial charge in [0.25, 0.3) is 5.91 Å². The maximum atomic E-state index is 12.6. The van der Waals surface area contributed by atoms with E-state index in [-0.39, 0.29) is 5.91 Å². The van der Waals surface area contributed by atoms with E-state index in [0.29, 0.717) is 17.4 Å². The van der Waals surface area contributed by atoms with Crippen molar-refractivity contribution in [1.82, 2.24) is 9.62 Å². The molecule has 2 aromatic rings. The molecule has 0 radical (unpaired) electrons. The minimum Gasteiger partial charge on any atom is -0.339 e. The number of sulfonamides is 1. The zero-order valence-electron chi connectivity index (χ0n) is 17.4. The van der Waals surface area contributed by atoms with Crippen LogP contribution in [-0.2, 0) is 10.0 Å². The van der Waals surface area contributed by atoms with Crippen molar-refractivity contribution >= 4 is 15.9 Å². The maximum Gasteiger partial charge on any atom is 0.253 e. The monoisotopic (exact) mass is 414 g/mol. The van der Waals surface area contributed by atoms with E-state index in [1.54, 1.807) is 12.1 Å². The fourth-order valence-corrected chi connectivity index (χ4v) is 4.80. The van der Waals surface area contributed by atoms with Gasteiger partial charge in [-0.25, -0.2) is 13.1 Å². The summed E-state index contributed by atoms with van der Waals surface area (Å²) >= 11 is 0. The van der Waals surface area contributed by atoms with Gasteiger partial charge in [-0.3, -0.25) is 4.79 Å². The second kappa shape index (κ2) is 9.09. The van der Waals surface area contributed by atoms with E-state index in [1.807, 2.05) is 56.0 Å². The van der Waals surface area contributed by atoms with Crippen molar-refractivity contribution in [2.75, 3.05) is 19.6 Å². The summed E-state index contributed by atoms with van der Waals surface area (Å²) in [6.45, 7) is 7.76. The van der Waals surface area contributed by atoms with Gasteiger partial charge in [-0.1, -0.05) is 23.8 Å². The van der Waals surface area contributed by atoms with Crippen molar-refractivity contribution in [2.45, 2.75) is 44.9 Å².